The van der Waals surface area contributed by atoms with E-state index >= 15 is 0 Å². The second kappa shape index (κ2) is 15.4. The normalized spacial score (nSPS) is 48.3. The van der Waals surface area contributed by atoms with Gasteiger partial charge in [0, 0.05) is 25.1 Å². The van der Waals surface area contributed by atoms with E-state index in [1.165, 1.54) is 0 Å². The zero-order chi connectivity index (χ0) is 25.7. The van der Waals surface area contributed by atoms with Crippen LogP contribution in [0.3, 0.4) is 0 Å². The summed E-state index contributed by atoms with van der Waals surface area (Å²) in [6.07, 6.45) is -10.7. The van der Waals surface area contributed by atoms with E-state index in [0.717, 1.165) is 0 Å². The fraction of sp³-hybridized carbons (Fsp3) is 0.947. The predicted octanol–water partition coefficient (Wildman–Crippen LogP) is -5.09. The molecule has 7 unspecified atom stereocenters. The number of hydrogen-bond donors (Lipinski definition) is 10. The molecule has 3 fully saturated rings. The SMILES string of the molecule is NCC1CCC(N)[C@@H](OC2C(O)[C@@H](O[C@H]3OC(CO)[C@@H](O)[C@H](N)C3O)[C@H](N)C(O)[C@@H]2N)O1.[CH2-]I.[V]. The summed E-state index contributed by atoms with van der Waals surface area (Å²) in [4.78, 5) is 3.22. The van der Waals surface area contributed by atoms with Gasteiger partial charge in [0.25, 0.3) is 0 Å². The van der Waals surface area contributed by atoms with Crippen molar-refractivity contribution in [1.82, 2.24) is 0 Å². The van der Waals surface area contributed by atoms with Gasteiger partial charge in [-0.25, -0.2) is 0 Å². The third-order valence-corrected chi connectivity index (χ3v) is 6.50. The molecule has 0 aromatic rings. The van der Waals surface area contributed by atoms with Crippen LogP contribution in [0.5, 0.6) is 0 Å². The quantitative estimate of drug-likeness (QED) is 0.0945. The number of rotatable bonds is 6. The van der Waals surface area contributed by atoms with Gasteiger partial charge in [0.2, 0.25) is 0 Å². The number of nitrogens with two attached hydrogens (primary N) is 5. The third kappa shape index (κ3) is 7.66. The molecular formula is C19H39IN5O9V-. The van der Waals surface area contributed by atoms with Crippen LogP contribution in [-0.2, 0) is 37.5 Å². The number of halogens is 1. The second-order valence-corrected chi connectivity index (χ2v) is 8.72. The molecule has 1 radical (unpaired) electrons. The second-order valence-electron chi connectivity index (χ2n) is 8.72. The zero-order valence-electron chi connectivity index (χ0n) is 19.2. The van der Waals surface area contributed by atoms with E-state index in [9.17, 15) is 25.5 Å². The summed E-state index contributed by atoms with van der Waals surface area (Å²) >= 11 is 1.90. The van der Waals surface area contributed by atoms with Crippen LogP contribution in [0.15, 0.2) is 0 Å². The molecule has 0 aromatic heterocycles. The van der Waals surface area contributed by atoms with Crippen molar-refractivity contribution in [1.29, 1.82) is 0 Å². The van der Waals surface area contributed by atoms with Crippen LogP contribution in [0.25, 0.3) is 0 Å². The topological polar surface area (TPSA) is 268 Å². The van der Waals surface area contributed by atoms with Crippen molar-refractivity contribution < 1.29 is 63.0 Å². The molecule has 14 nitrogen and oxygen atoms in total. The number of aliphatic hydroxyl groups excluding tert-OH is 5. The summed E-state index contributed by atoms with van der Waals surface area (Å²) < 4.78 is 22.7. The molecule has 207 valence electrons. The molecule has 15 N–H and O–H groups in total. The average molecular weight is 659 g/mol. The molecule has 0 spiro atoms. The van der Waals surface area contributed by atoms with E-state index < -0.39 is 86.1 Å². The Morgan fingerprint density at radius 2 is 1.31 bits per heavy atom. The fourth-order valence-electron chi connectivity index (χ4n) is 4.35. The van der Waals surface area contributed by atoms with E-state index in [0.29, 0.717) is 12.8 Å². The maximum atomic E-state index is 11.0. The summed E-state index contributed by atoms with van der Waals surface area (Å²) in [5.41, 5.74) is 29.7. The molecular weight excluding hydrogens is 620 g/mol. The maximum Gasteiger partial charge on any atom is 0.186 e. The van der Waals surface area contributed by atoms with E-state index in [4.69, 9.17) is 47.6 Å². The Morgan fingerprint density at radius 3 is 1.83 bits per heavy atom. The molecule has 0 aromatic carbocycles. The van der Waals surface area contributed by atoms with Gasteiger partial charge in [0.15, 0.2) is 12.6 Å². The zero-order valence-corrected chi connectivity index (χ0v) is 22.8. The van der Waals surface area contributed by atoms with Gasteiger partial charge >= 0.3 is 0 Å². The van der Waals surface area contributed by atoms with Crippen LogP contribution in [0.2, 0.25) is 0 Å². The van der Waals surface area contributed by atoms with E-state index in [1.807, 2.05) is 22.6 Å². The Bertz CT molecular complexity index is 621. The number of hydrogen-bond acceptors (Lipinski definition) is 14. The molecule has 3 aliphatic rings. The van der Waals surface area contributed by atoms with Crippen molar-refractivity contribution in [3.8, 4) is 0 Å². The first-order valence-electron chi connectivity index (χ1n) is 11.0. The van der Waals surface area contributed by atoms with Crippen molar-refractivity contribution in [3.05, 3.63) is 4.93 Å². The molecule has 0 bridgehead atoms. The van der Waals surface area contributed by atoms with E-state index in [-0.39, 0.29) is 31.2 Å². The minimum absolute atomic E-state index is 0. The molecule has 2 saturated heterocycles. The Kier molecular flexibility index (Phi) is 14.8. The Hall–Kier alpha value is 0.754. The molecule has 0 amide bonds. The van der Waals surface area contributed by atoms with Crippen molar-refractivity contribution in [3.63, 3.8) is 0 Å². The Labute approximate surface area is 230 Å². The van der Waals surface area contributed by atoms with Crippen LogP contribution in [0.1, 0.15) is 12.8 Å². The number of ether oxygens (including phenoxy) is 4. The Balaban J connectivity index is 0.00000199. The molecule has 14 atom stereocenters. The van der Waals surface area contributed by atoms with Gasteiger partial charge in [-0.2, -0.15) is 0 Å². The van der Waals surface area contributed by atoms with Gasteiger partial charge in [-0.05, 0) is 12.8 Å². The first kappa shape index (κ1) is 33.8. The van der Waals surface area contributed by atoms with Crippen LogP contribution >= 0.6 is 22.6 Å². The minimum atomic E-state index is -1.50. The number of aliphatic hydroxyl groups is 5. The van der Waals surface area contributed by atoms with Crippen molar-refractivity contribution >= 4 is 22.6 Å². The van der Waals surface area contributed by atoms with Crippen LogP contribution in [-0.4, -0.2) is 124 Å². The molecule has 16 heteroatoms. The maximum absolute atomic E-state index is 11.0. The Morgan fingerprint density at radius 1 is 0.771 bits per heavy atom. The monoisotopic (exact) mass is 659 g/mol. The molecule has 1 saturated carbocycles. The molecule has 2 heterocycles. The predicted molar refractivity (Wildman–Crippen MR) is 128 cm³/mol. The van der Waals surface area contributed by atoms with Crippen molar-refractivity contribution in [2.45, 2.75) is 98.4 Å². The summed E-state index contributed by atoms with van der Waals surface area (Å²) in [7, 11) is 0. The van der Waals surface area contributed by atoms with Gasteiger partial charge in [0.05, 0.1) is 43.0 Å². The molecule has 35 heavy (non-hydrogen) atoms. The van der Waals surface area contributed by atoms with Gasteiger partial charge < -0.3 is 95.7 Å². The van der Waals surface area contributed by atoms with E-state index in [1.54, 1.807) is 0 Å². The summed E-state index contributed by atoms with van der Waals surface area (Å²) in [5, 5.41) is 51.3. The minimum Gasteiger partial charge on any atom is -0.394 e. The standard InChI is InChI=1S/C18H37N5O9.CH2I.V/c19-3-5-1-2-6(20)17(29-5)31-15-9(22)12(26)10(23)16(14(15)28)32-18-13(27)8(21)11(25)7(4-24)30-18;1-2;/h5-18,24-28H,1-4,19-23H2;1H2;/q;-1;/t5?,6?,7?,8-,9-,10+,11+,12?,13?,14?,15?,16-,17+,18+;;/m0../s1. The third-order valence-electron chi connectivity index (χ3n) is 6.50. The summed E-state index contributed by atoms with van der Waals surface area (Å²) in [5.74, 6) is 0. The van der Waals surface area contributed by atoms with Crippen LogP contribution in [0, 0.1) is 4.93 Å². The van der Waals surface area contributed by atoms with Gasteiger partial charge in [-0.1, -0.05) is 0 Å². The molecule has 1 aliphatic carbocycles. The first-order chi connectivity index (χ1) is 16.1. The molecule has 3 rings (SSSR count). The van der Waals surface area contributed by atoms with Crippen LogP contribution < -0.4 is 28.7 Å². The van der Waals surface area contributed by atoms with Crippen molar-refractivity contribution in [2.75, 3.05) is 13.2 Å². The van der Waals surface area contributed by atoms with Gasteiger partial charge in [0.1, 0.15) is 36.6 Å². The largest absolute Gasteiger partial charge is 0.394 e. The summed E-state index contributed by atoms with van der Waals surface area (Å²) in [6, 6.07) is -3.97. The molecule has 2 aliphatic heterocycles. The van der Waals surface area contributed by atoms with Crippen LogP contribution in [0.4, 0.5) is 0 Å². The smallest absolute Gasteiger partial charge is 0.186 e. The average Bonchev–Trinajstić information content (AvgIpc) is 2.85. The van der Waals surface area contributed by atoms with E-state index in [2.05, 4.69) is 4.93 Å². The summed E-state index contributed by atoms with van der Waals surface area (Å²) in [6.45, 7) is -0.320. The van der Waals surface area contributed by atoms with Crippen molar-refractivity contribution in [2.24, 2.45) is 28.7 Å². The first-order valence-corrected chi connectivity index (χ1v) is 12.6. The fourth-order valence-corrected chi connectivity index (χ4v) is 4.35. The van der Waals surface area contributed by atoms with Gasteiger partial charge in [-0.15, -0.1) is 0 Å². The van der Waals surface area contributed by atoms with Gasteiger partial charge in [-0.3, -0.25) is 4.93 Å².